The van der Waals surface area contributed by atoms with E-state index >= 15 is 0 Å². The second-order valence-corrected chi connectivity index (χ2v) is 7.63. The lowest BCUT2D eigenvalue weighted by atomic mass is 10.2. The Balaban J connectivity index is 1.37. The average Bonchev–Trinajstić information content (AvgIpc) is 3.26. The van der Waals surface area contributed by atoms with E-state index < -0.39 is 0 Å². The fraction of sp³-hybridized carbons (Fsp3) is 0.235. The van der Waals surface area contributed by atoms with Gasteiger partial charge in [-0.2, -0.15) is 4.37 Å². The Morgan fingerprint density at radius 3 is 2.62 bits per heavy atom. The van der Waals surface area contributed by atoms with E-state index in [-0.39, 0.29) is 0 Å². The zero-order valence-corrected chi connectivity index (χ0v) is 14.6. The second-order valence-electron chi connectivity index (χ2n) is 5.82. The molecule has 5 rings (SSSR count). The number of nitrogens with zero attached hydrogens (tertiary/aromatic N) is 5. The normalized spacial score (nSPS) is 15.5. The molecule has 0 spiro atoms. The Morgan fingerprint density at radius 1 is 0.917 bits per heavy atom. The van der Waals surface area contributed by atoms with Gasteiger partial charge in [-0.1, -0.05) is 23.5 Å². The van der Waals surface area contributed by atoms with E-state index in [2.05, 4.69) is 43.4 Å². The second kappa shape index (κ2) is 5.68. The number of aromatic nitrogens is 3. The van der Waals surface area contributed by atoms with E-state index in [1.807, 2.05) is 18.5 Å². The average molecular weight is 353 g/mol. The highest BCUT2D eigenvalue weighted by molar-refractivity contribution is 7.22. The summed E-state index contributed by atoms with van der Waals surface area (Å²) in [4.78, 5) is 13.6. The predicted octanol–water partition coefficient (Wildman–Crippen LogP) is 3.63. The molecule has 0 unspecified atom stereocenters. The number of hydrogen-bond donors (Lipinski definition) is 0. The molecule has 1 fully saturated rings. The maximum atomic E-state index is 4.72. The van der Waals surface area contributed by atoms with Gasteiger partial charge in [0.15, 0.2) is 5.13 Å². The molecule has 5 nitrogen and oxygen atoms in total. The monoisotopic (exact) mass is 353 g/mol. The minimum Gasteiger partial charge on any atom is -0.352 e. The zero-order chi connectivity index (χ0) is 15.9. The van der Waals surface area contributed by atoms with Crippen LogP contribution in [0.1, 0.15) is 0 Å². The van der Waals surface area contributed by atoms with Crippen LogP contribution in [0.2, 0.25) is 0 Å². The number of piperazine rings is 1. The van der Waals surface area contributed by atoms with E-state index in [9.17, 15) is 0 Å². The van der Waals surface area contributed by atoms with Crippen LogP contribution >= 0.6 is 22.9 Å². The first-order chi connectivity index (χ1) is 11.9. The maximum absolute atomic E-state index is 4.72. The van der Waals surface area contributed by atoms with Gasteiger partial charge in [0.05, 0.1) is 15.6 Å². The van der Waals surface area contributed by atoms with Crippen molar-refractivity contribution in [1.29, 1.82) is 0 Å². The van der Waals surface area contributed by atoms with Crippen LogP contribution in [-0.4, -0.2) is 40.5 Å². The molecule has 0 bridgehead atoms. The van der Waals surface area contributed by atoms with Crippen LogP contribution in [0.5, 0.6) is 0 Å². The molecular weight excluding hydrogens is 338 g/mol. The van der Waals surface area contributed by atoms with Crippen molar-refractivity contribution < 1.29 is 0 Å². The van der Waals surface area contributed by atoms with Crippen LogP contribution in [0.4, 0.5) is 10.9 Å². The first-order valence-corrected chi connectivity index (χ1v) is 9.52. The van der Waals surface area contributed by atoms with Gasteiger partial charge in [0.1, 0.15) is 11.3 Å². The van der Waals surface area contributed by atoms with Gasteiger partial charge in [-0.15, -0.1) is 0 Å². The molecular formula is C17H15N5S2. The first-order valence-electron chi connectivity index (χ1n) is 7.93. The summed E-state index contributed by atoms with van der Waals surface area (Å²) in [5, 5.41) is 2.36. The molecule has 120 valence electrons. The van der Waals surface area contributed by atoms with Crippen molar-refractivity contribution in [1.82, 2.24) is 14.3 Å². The lowest BCUT2D eigenvalue weighted by Gasteiger charge is -2.34. The summed E-state index contributed by atoms with van der Waals surface area (Å²) in [5.74, 6) is 1.13. The van der Waals surface area contributed by atoms with E-state index in [0.29, 0.717) is 0 Å². The fourth-order valence-corrected chi connectivity index (χ4v) is 4.89. The Morgan fingerprint density at radius 2 is 1.75 bits per heavy atom. The van der Waals surface area contributed by atoms with Gasteiger partial charge in [-0.3, -0.25) is 4.98 Å². The molecule has 4 heterocycles. The molecule has 0 N–H and O–H groups in total. The smallest absolute Gasteiger partial charge is 0.186 e. The van der Waals surface area contributed by atoms with E-state index in [4.69, 9.17) is 4.98 Å². The molecule has 3 aromatic heterocycles. The van der Waals surface area contributed by atoms with Crippen LogP contribution < -0.4 is 9.80 Å². The predicted molar refractivity (Wildman–Crippen MR) is 101 cm³/mol. The van der Waals surface area contributed by atoms with Gasteiger partial charge in [-0.05, 0) is 29.7 Å². The number of rotatable bonds is 2. The maximum Gasteiger partial charge on any atom is 0.186 e. The van der Waals surface area contributed by atoms with Crippen molar-refractivity contribution in [2.75, 3.05) is 36.0 Å². The number of thiazole rings is 1. The summed E-state index contributed by atoms with van der Waals surface area (Å²) in [6.07, 6.45) is 3.67. The molecule has 24 heavy (non-hydrogen) atoms. The molecule has 0 radical (unpaired) electrons. The van der Waals surface area contributed by atoms with Crippen molar-refractivity contribution in [3.05, 3.63) is 42.7 Å². The summed E-state index contributed by atoms with van der Waals surface area (Å²) in [6.45, 7) is 3.89. The Labute approximate surface area is 147 Å². The lowest BCUT2D eigenvalue weighted by Crippen LogP contribution is -2.46. The molecule has 7 heteroatoms. The molecule has 0 saturated carbocycles. The highest BCUT2D eigenvalue weighted by atomic mass is 32.1. The van der Waals surface area contributed by atoms with Crippen molar-refractivity contribution >= 4 is 54.1 Å². The van der Waals surface area contributed by atoms with Crippen LogP contribution in [-0.2, 0) is 0 Å². The summed E-state index contributed by atoms with van der Waals surface area (Å²) in [6, 6.07) is 10.5. The van der Waals surface area contributed by atoms with Crippen LogP contribution in [0.3, 0.4) is 0 Å². The number of pyridine rings is 1. The van der Waals surface area contributed by atoms with E-state index in [0.717, 1.165) is 42.6 Å². The summed E-state index contributed by atoms with van der Waals surface area (Å²) in [5.41, 5.74) is 0.991. The number of hydrogen-bond acceptors (Lipinski definition) is 7. The minimum absolute atomic E-state index is 0.971. The van der Waals surface area contributed by atoms with Gasteiger partial charge in [0, 0.05) is 37.8 Å². The third-order valence-corrected chi connectivity index (χ3v) is 6.30. The third kappa shape index (κ3) is 2.32. The molecule has 0 amide bonds. The molecule has 1 aromatic carbocycles. The van der Waals surface area contributed by atoms with Crippen LogP contribution in [0.25, 0.3) is 20.3 Å². The van der Waals surface area contributed by atoms with E-state index in [1.54, 1.807) is 22.9 Å². The lowest BCUT2D eigenvalue weighted by molar-refractivity contribution is 0.650. The van der Waals surface area contributed by atoms with Gasteiger partial charge in [0.2, 0.25) is 0 Å². The Hall–Kier alpha value is -2.25. The van der Waals surface area contributed by atoms with Crippen molar-refractivity contribution in [3.63, 3.8) is 0 Å². The van der Waals surface area contributed by atoms with Crippen molar-refractivity contribution in [2.24, 2.45) is 0 Å². The molecule has 0 atom stereocenters. The Bertz CT molecular complexity index is 967. The van der Waals surface area contributed by atoms with Crippen molar-refractivity contribution in [3.8, 4) is 0 Å². The first kappa shape index (κ1) is 14.1. The minimum atomic E-state index is 0.971. The van der Waals surface area contributed by atoms with E-state index in [1.165, 1.54) is 14.8 Å². The topological polar surface area (TPSA) is 45.2 Å². The molecule has 4 aromatic rings. The standard InChI is InChI=1S/C17H15N5S2/c1-2-4-14-12(3-1)16(20-24-14)21-7-9-22(10-8-21)17-19-13-11-18-6-5-15(13)23-17/h1-6,11H,7-10H2. The van der Waals surface area contributed by atoms with Crippen molar-refractivity contribution in [2.45, 2.75) is 0 Å². The van der Waals surface area contributed by atoms with Gasteiger partial charge in [0.25, 0.3) is 0 Å². The number of anilines is 2. The number of benzene rings is 1. The van der Waals surface area contributed by atoms with Gasteiger partial charge < -0.3 is 9.80 Å². The molecule has 0 aliphatic carbocycles. The fourth-order valence-electron chi connectivity index (χ4n) is 3.11. The molecule has 1 aliphatic heterocycles. The SMILES string of the molecule is c1ccc2c(N3CCN(c4nc5cnccc5s4)CC3)nsc2c1. The molecule has 1 saturated heterocycles. The largest absolute Gasteiger partial charge is 0.352 e. The quantitative estimate of drug-likeness (QED) is 0.551. The summed E-state index contributed by atoms with van der Waals surface area (Å²) < 4.78 is 7.14. The zero-order valence-electron chi connectivity index (χ0n) is 12.9. The molecule has 1 aliphatic rings. The summed E-state index contributed by atoms with van der Waals surface area (Å²) in [7, 11) is 0. The van der Waals surface area contributed by atoms with Gasteiger partial charge in [-0.25, -0.2) is 4.98 Å². The van der Waals surface area contributed by atoms with Crippen LogP contribution in [0.15, 0.2) is 42.7 Å². The number of fused-ring (bicyclic) bond motifs is 2. The highest BCUT2D eigenvalue weighted by Crippen LogP contribution is 2.32. The van der Waals surface area contributed by atoms with Gasteiger partial charge >= 0.3 is 0 Å². The summed E-state index contributed by atoms with van der Waals surface area (Å²) >= 11 is 3.33. The highest BCUT2D eigenvalue weighted by Gasteiger charge is 2.22. The third-order valence-electron chi connectivity index (χ3n) is 4.39. The Kier molecular flexibility index (Phi) is 3.34. The van der Waals surface area contributed by atoms with Crippen LogP contribution in [0, 0.1) is 0 Å².